The molecule has 1 amide bonds. The van der Waals surface area contributed by atoms with Crippen molar-refractivity contribution in [1.29, 1.82) is 0 Å². The first-order valence-corrected chi connectivity index (χ1v) is 9.89. The molecule has 0 aliphatic carbocycles. The minimum absolute atomic E-state index is 0.0469. The standard InChI is InChI=1S/C23H23N3O5/c1-15(27)19(13-16-7-3-2-4-8-16)25-21(28)14-31-22(29)12-11-20-24-18-10-6-5-9-17(18)23(30)26-20/h2-10,19H,11-14H2,1H3,(H,25,28)(H,24,26,30)/t19-/m0/s1. The van der Waals surface area contributed by atoms with Crippen LogP contribution in [0.2, 0.25) is 0 Å². The molecule has 0 spiro atoms. The van der Waals surface area contributed by atoms with E-state index in [9.17, 15) is 19.2 Å². The summed E-state index contributed by atoms with van der Waals surface area (Å²) in [5.74, 6) is -0.977. The van der Waals surface area contributed by atoms with Crippen molar-refractivity contribution in [2.45, 2.75) is 32.2 Å². The Morgan fingerprint density at radius 3 is 2.52 bits per heavy atom. The summed E-state index contributed by atoms with van der Waals surface area (Å²) in [5, 5.41) is 3.07. The fraction of sp³-hybridized carbons (Fsp3) is 0.261. The van der Waals surface area contributed by atoms with E-state index in [1.54, 1.807) is 24.3 Å². The number of ether oxygens (including phenoxy) is 1. The van der Waals surface area contributed by atoms with Gasteiger partial charge in [0.2, 0.25) is 0 Å². The topological polar surface area (TPSA) is 118 Å². The average Bonchev–Trinajstić information content (AvgIpc) is 2.76. The highest BCUT2D eigenvalue weighted by Crippen LogP contribution is 2.07. The lowest BCUT2D eigenvalue weighted by molar-refractivity contribution is -0.148. The highest BCUT2D eigenvalue weighted by molar-refractivity contribution is 5.88. The van der Waals surface area contributed by atoms with Crippen molar-refractivity contribution in [1.82, 2.24) is 15.3 Å². The highest BCUT2D eigenvalue weighted by Gasteiger charge is 2.18. The number of Topliss-reactive ketones (excluding diaryl/α,β-unsaturated/α-hetero) is 1. The number of nitrogens with one attached hydrogen (secondary N) is 2. The Hall–Kier alpha value is -3.81. The van der Waals surface area contributed by atoms with Gasteiger partial charge in [-0.15, -0.1) is 0 Å². The second kappa shape index (κ2) is 10.3. The predicted molar refractivity (Wildman–Crippen MR) is 114 cm³/mol. The van der Waals surface area contributed by atoms with E-state index in [1.807, 2.05) is 30.3 Å². The molecule has 0 fully saturated rings. The van der Waals surface area contributed by atoms with E-state index in [2.05, 4.69) is 15.3 Å². The molecule has 0 aliphatic heterocycles. The maximum atomic E-state index is 12.1. The number of nitrogens with zero attached hydrogens (tertiary/aromatic N) is 1. The monoisotopic (exact) mass is 421 g/mol. The molecule has 3 aromatic rings. The van der Waals surface area contributed by atoms with Crippen LogP contribution in [0.5, 0.6) is 0 Å². The van der Waals surface area contributed by atoms with Gasteiger partial charge in [0.25, 0.3) is 11.5 Å². The molecular weight excluding hydrogens is 398 g/mol. The number of fused-ring (bicyclic) bond motifs is 1. The molecule has 8 heteroatoms. The van der Waals surface area contributed by atoms with E-state index in [0.29, 0.717) is 23.1 Å². The van der Waals surface area contributed by atoms with Gasteiger partial charge in [0, 0.05) is 6.42 Å². The largest absolute Gasteiger partial charge is 0.456 e. The molecule has 1 atom stereocenters. The molecule has 0 radical (unpaired) electrons. The lowest BCUT2D eigenvalue weighted by Crippen LogP contribution is -2.43. The summed E-state index contributed by atoms with van der Waals surface area (Å²) in [4.78, 5) is 55.0. The Balaban J connectivity index is 1.48. The lowest BCUT2D eigenvalue weighted by atomic mass is 10.0. The molecule has 1 aromatic heterocycles. The Morgan fingerprint density at radius 1 is 1.06 bits per heavy atom. The number of aromatic nitrogens is 2. The van der Waals surface area contributed by atoms with E-state index >= 15 is 0 Å². The number of amides is 1. The molecular formula is C23H23N3O5. The van der Waals surface area contributed by atoms with E-state index in [-0.39, 0.29) is 24.2 Å². The number of hydrogen-bond donors (Lipinski definition) is 2. The smallest absolute Gasteiger partial charge is 0.306 e. The van der Waals surface area contributed by atoms with Gasteiger partial charge in [0.05, 0.1) is 23.4 Å². The van der Waals surface area contributed by atoms with Crippen LogP contribution >= 0.6 is 0 Å². The van der Waals surface area contributed by atoms with Crippen LogP contribution in [-0.2, 0) is 32.0 Å². The van der Waals surface area contributed by atoms with Crippen LogP contribution in [-0.4, -0.2) is 40.3 Å². The minimum Gasteiger partial charge on any atom is -0.456 e. The van der Waals surface area contributed by atoms with Gasteiger partial charge in [-0.3, -0.25) is 19.2 Å². The van der Waals surface area contributed by atoms with Crippen molar-refractivity contribution >= 4 is 28.6 Å². The van der Waals surface area contributed by atoms with Crippen molar-refractivity contribution < 1.29 is 19.1 Å². The summed E-state index contributed by atoms with van der Waals surface area (Å²) in [7, 11) is 0. The Morgan fingerprint density at radius 2 is 1.77 bits per heavy atom. The Kier molecular flexibility index (Phi) is 7.26. The quantitative estimate of drug-likeness (QED) is 0.508. The first-order valence-electron chi connectivity index (χ1n) is 9.89. The van der Waals surface area contributed by atoms with Gasteiger partial charge in [-0.25, -0.2) is 4.98 Å². The van der Waals surface area contributed by atoms with Crippen molar-refractivity contribution in [2.24, 2.45) is 0 Å². The van der Waals surface area contributed by atoms with E-state index in [4.69, 9.17) is 4.74 Å². The summed E-state index contributed by atoms with van der Waals surface area (Å²) < 4.78 is 4.99. The SMILES string of the molecule is CC(=O)[C@H](Cc1ccccc1)NC(=O)COC(=O)CCc1nc2ccccc2c(=O)[nH]1. The zero-order valence-corrected chi connectivity index (χ0v) is 17.1. The van der Waals surface area contributed by atoms with Crippen LogP contribution in [0, 0.1) is 0 Å². The second-order valence-corrected chi connectivity index (χ2v) is 7.11. The summed E-state index contributed by atoms with van der Waals surface area (Å²) in [6.45, 7) is 0.913. The van der Waals surface area contributed by atoms with Crippen LogP contribution in [0.4, 0.5) is 0 Å². The molecule has 2 aromatic carbocycles. The van der Waals surface area contributed by atoms with E-state index in [0.717, 1.165) is 5.56 Å². The van der Waals surface area contributed by atoms with Crippen molar-refractivity contribution in [2.75, 3.05) is 6.61 Å². The normalized spacial score (nSPS) is 11.6. The van der Waals surface area contributed by atoms with Crippen LogP contribution in [0.25, 0.3) is 10.9 Å². The number of carbonyl (C=O) groups is 3. The number of benzene rings is 2. The fourth-order valence-corrected chi connectivity index (χ4v) is 3.07. The zero-order valence-electron chi connectivity index (χ0n) is 17.1. The summed E-state index contributed by atoms with van der Waals surface area (Å²) >= 11 is 0. The van der Waals surface area contributed by atoms with E-state index in [1.165, 1.54) is 6.92 Å². The predicted octanol–water partition coefficient (Wildman–Crippen LogP) is 1.72. The first-order chi connectivity index (χ1) is 14.9. The van der Waals surface area contributed by atoms with Gasteiger partial charge in [0.15, 0.2) is 12.4 Å². The van der Waals surface area contributed by atoms with Gasteiger partial charge in [-0.1, -0.05) is 42.5 Å². The molecule has 1 heterocycles. The number of aryl methyl sites for hydroxylation is 1. The summed E-state index contributed by atoms with van der Waals surface area (Å²) in [6, 6.07) is 15.5. The Labute approximate surface area is 178 Å². The van der Waals surface area contributed by atoms with Crippen molar-refractivity contribution in [3.05, 3.63) is 76.3 Å². The fourth-order valence-electron chi connectivity index (χ4n) is 3.07. The summed E-state index contributed by atoms with van der Waals surface area (Å²) in [6.07, 6.45) is 0.482. The molecule has 0 aliphatic rings. The third-order valence-electron chi connectivity index (χ3n) is 4.70. The number of carbonyl (C=O) groups excluding carboxylic acids is 3. The van der Waals surface area contributed by atoms with E-state index < -0.39 is 24.5 Å². The number of para-hydroxylation sites is 1. The van der Waals surface area contributed by atoms with Gasteiger partial charge in [0.1, 0.15) is 5.82 Å². The van der Waals surface area contributed by atoms with Crippen LogP contribution in [0.1, 0.15) is 24.7 Å². The van der Waals surface area contributed by atoms with Crippen LogP contribution in [0.15, 0.2) is 59.4 Å². The molecule has 0 saturated heterocycles. The van der Waals surface area contributed by atoms with Gasteiger partial charge in [-0.2, -0.15) is 0 Å². The molecule has 0 saturated carbocycles. The van der Waals surface area contributed by atoms with Crippen LogP contribution < -0.4 is 10.9 Å². The van der Waals surface area contributed by atoms with Gasteiger partial charge >= 0.3 is 5.97 Å². The number of ketones is 1. The summed E-state index contributed by atoms with van der Waals surface area (Å²) in [5.41, 5.74) is 1.18. The molecule has 3 rings (SSSR count). The number of hydrogen-bond acceptors (Lipinski definition) is 6. The molecule has 160 valence electrons. The maximum Gasteiger partial charge on any atom is 0.306 e. The first kappa shape index (κ1) is 21.9. The number of rotatable bonds is 9. The Bertz CT molecular complexity index is 1140. The molecule has 8 nitrogen and oxygen atoms in total. The third-order valence-corrected chi connectivity index (χ3v) is 4.70. The van der Waals surface area contributed by atoms with Crippen molar-refractivity contribution in [3.63, 3.8) is 0 Å². The van der Waals surface area contributed by atoms with Gasteiger partial charge in [-0.05, 0) is 31.0 Å². The average molecular weight is 421 g/mol. The molecule has 31 heavy (non-hydrogen) atoms. The second-order valence-electron chi connectivity index (χ2n) is 7.11. The van der Waals surface area contributed by atoms with Crippen molar-refractivity contribution in [3.8, 4) is 0 Å². The maximum absolute atomic E-state index is 12.1. The number of esters is 1. The molecule has 0 bridgehead atoms. The third kappa shape index (κ3) is 6.33. The number of H-pyrrole nitrogens is 1. The lowest BCUT2D eigenvalue weighted by Gasteiger charge is -2.16. The molecule has 2 N–H and O–H groups in total. The van der Waals surface area contributed by atoms with Crippen LogP contribution in [0.3, 0.4) is 0 Å². The minimum atomic E-state index is -0.694. The zero-order chi connectivity index (χ0) is 22.2. The highest BCUT2D eigenvalue weighted by atomic mass is 16.5. The van der Waals surface area contributed by atoms with Gasteiger partial charge < -0.3 is 15.0 Å². The number of aromatic amines is 1. The molecule has 0 unspecified atom stereocenters.